The largest absolute Gasteiger partial charge is 0.480 e. The highest BCUT2D eigenvalue weighted by molar-refractivity contribution is 5.86. The molecule has 2 rings (SSSR count). The third kappa shape index (κ3) is 5.25. The summed E-state index contributed by atoms with van der Waals surface area (Å²) < 4.78 is 0.834. The van der Waals surface area contributed by atoms with Crippen molar-refractivity contribution in [2.75, 3.05) is 6.54 Å². The van der Waals surface area contributed by atoms with Gasteiger partial charge in [-0.15, -0.1) is 0 Å². The molecule has 1 aromatic heterocycles. The van der Waals surface area contributed by atoms with Gasteiger partial charge in [-0.25, -0.2) is 14.2 Å². The lowest BCUT2D eigenvalue weighted by atomic mass is 10.0. The molecule has 30 heavy (non-hydrogen) atoms. The first-order valence-electron chi connectivity index (χ1n) is 9.45. The third-order valence-electron chi connectivity index (χ3n) is 4.57. The second-order valence-corrected chi connectivity index (χ2v) is 7.19. The van der Waals surface area contributed by atoms with Crippen molar-refractivity contribution in [2.24, 2.45) is 22.4 Å². The summed E-state index contributed by atoms with van der Waals surface area (Å²) in [5, 5.41) is 12.1. The van der Waals surface area contributed by atoms with Crippen LogP contribution in [0.25, 0.3) is 10.9 Å². The number of hydrogen-bond acceptors (Lipinski definition) is 5. The number of aliphatic imine (C=N–C) groups is 1. The van der Waals surface area contributed by atoms with Crippen LogP contribution < -0.4 is 28.0 Å². The van der Waals surface area contributed by atoms with Crippen LogP contribution in [0.2, 0.25) is 0 Å². The fourth-order valence-corrected chi connectivity index (χ4v) is 3.16. The number of nitrogens with zero attached hydrogens (tertiary/aromatic N) is 2. The van der Waals surface area contributed by atoms with Crippen LogP contribution in [0.15, 0.2) is 38.8 Å². The molecule has 0 bridgehead atoms. The van der Waals surface area contributed by atoms with E-state index in [0.717, 1.165) is 4.57 Å². The number of benzene rings is 1. The van der Waals surface area contributed by atoms with Crippen LogP contribution in [0.5, 0.6) is 0 Å². The molecule has 0 aliphatic rings. The Kier molecular flexibility index (Phi) is 7.34. The number of guanidine groups is 1. The number of aromatic nitrogens is 2. The van der Waals surface area contributed by atoms with Gasteiger partial charge in [0.2, 0.25) is 5.91 Å². The van der Waals surface area contributed by atoms with Gasteiger partial charge in [-0.05, 0) is 30.9 Å². The maximum absolute atomic E-state index is 12.9. The fraction of sp³-hybridized carbons (Fsp3) is 0.421. The minimum Gasteiger partial charge on any atom is -0.480 e. The number of nitrogens with one attached hydrogen (secondary N) is 2. The summed E-state index contributed by atoms with van der Waals surface area (Å²) in [6.45, 7) is 3.54. The molecule has 0 aliphatic carbocycles. The summed E-state index contributed by atoms with van der Waals surface area (Å²) in [6.07, 6.45) is 0.393. The highest BCUT2D eigenvalue weighted by atomic mass is 16.4. The first-order chi connectivity index (χ1) is 14.1. The van der Waals surface area contributed by atoms with Gasteiger partial charge in [-0.2, -0.15) is 0 Å². The topological polar surface area (TPSA) is 186 Å². The maximum atomic E-state index is 12.9. The highest BCUT2D eigenvalue weighted by Crippen LogP contribution is 2.16. The number of carboxylic acids is 1. The molecule has 11 nitrogen and oxygen atoms in total. The lowest BCUT2D eigenvalue weighted by Gasteiger charge is -2.24. The molecular weight excluding hydrogens is 392 g/mol. The SMILES string of the molecule is CC(C)C(C(=O)NC(CCCN=C(N)N)C(=O)O)n1c(=O)[nH]c2ccccc2c1=O. The van der Waals surface area contributed by atoms with Gasteiger partial charge in [-0.1, -0.05) is 26.0 Å². The average Bonchev–Trinajstić information content (AvgIpc) is 2.66. The summed E-state index contributed by atoms with van der Waals surface area (Å²) in [6, 6.07) is 4.05. The first kappa shape index (κ1) is 22.7. The van der Waals surface area contributed by atoms with Crippen LogP contribution in [0.4, 0.5) is 0 Å². The van der Waals surface area contributed by atoms with Crippen molar-refractivity contribution >= 4 is 28.7 Å². The van der Waals surface area contributed by atoms with Gasteiger partial charge in [-0.3, -0.25) is 14.6 Å². The van der Waals surface area contributed by atoms with Crippen molar-refractivity contribution in [2.45, 2.75) is 38.8 Å². The summed E-state index contributed by atoms with van der Waals surface area (Å²) >= 11 is 0. The Morgan fingerprint density at radius 2 is 1.90 bits per heavy atom. The van der Waals surface area contributed by atoms with Gasteiger partial charge < -0.3 is 26.9 Å². The number of amides is 1. The summed E-state index contributed by atoms with van der Waals surface area (Å²) in [5.74, 6) is -2.54. The predicted molar refractivity (Wildman–Crippen MR) is 112 cm³/mol. The second-order valence-electron chi connectivity index (χ2n) is 7.19. The number of hydrogen-bond donors (Lipinski definition) is 5. The normalized spacial score (nSPS) is 13.0. The Bertz CT molecular complexity index is 1070. The zero-order chi connectivity index (χ0) is 22.4. The molecule has 1 amide bonds. The molecule has 0 saturated heterocycles. The molecule has 0 spiro atoms. The molecule has 1 aromatic carbocycles. The van der Waals surface area contributed by atoms with Gasteiger partial charge in [0.25, 0.3) is 5.56 Å². The summed E-state index contributed by atoms with van der Waals surface area (Å²) in [5.41, 5.74) is 9.45. The predicted octanol–water partition coefficient (Wildman–Crippen LogP) is -0.490. The minimum absolute atomic E-state index is 0.0750. The number of aromatic amines is 1. The number of nitrogens with two attached hydrogens (primary N) is 2. The van der Waals surface area contributed by atoms with Crippen LogP contribution in [-0.2, 0) is 9.59 Å². The van der Waals surface area contributed by atoms with Crippen LogP contribution in [0, 0.1) is 5.92 Å². The number of para-hydroxylation sites is 1. The van der Waals surface area contributed by atoms with E-state index in [0.29, 0.717) is 11.9 Å². The van der Waals surface area contributed by atoms with Crippen molar-refractivity contribution in [1.29, 1.82) is 0 Å². The number of carbonyl (C=O) groups is 2. The molecule has 7 N–H and O–H groups in total. The summed E-state index contributed by atoms with van der Waals surface area (Å²) in [7, 11) is 0. The molecule has 0 fully saturated rings. The van der Waals surface area contributed by atoms with Gasteiger partial charge in [0.05, 0.1) is 10.9 Å². The standard InChI is InChI=1S/C19H26N6O5/c1-10(2)14(15(26)23-13(17(28)29)8-5-9-22-18(20)21)25-16(27)11-6-3-4-7-12(11)24-19(25)30/h3-4,6-7,10,13-14H,5,8-9H2,1-2H3,(H,23,26)(H,24,30)(H,28,29)(H4,20,21,22). The van der Waals surface area contributed by atoms with Crippen LogP contribution in [-0.4, -0.2) is 45.1 Å². The zero-order valence-electron chi connectivity index (χ0n) is 16.8. The minimum atomic E-state index is -1.24. The van der Waals surface area contributed by atoms with E-state index in [1.165, 1.54) is 0 Å². The number of carbonyl (C=O) groups excluding carboxylic acids is 1. The number of H-pyrrole nitrogens is 1. The molecule has 2 aromatic rings. The van der Waals surface area contributed by atoms with Crippen molar-refractivity contribution in [3.8, 4) is 0 Å². The van der Waals surface area contributed by atoms with E-state index >= 15 is 0 Å². The van der Waals surface area contributed by atoms with Crippen molar-refractivity contribution in [1.82, 2.24) is 14.9 Å². The van der Waals surface area contributed by atoms with E-state index in [2.05, 4.69) is 15.3 Å². The molecular formula is C19H26N6O5. The lowest BCUT2D eigenvalue weighted by Crippen LogP contribution is -2.50. The maximum Gasteiger partial charge on any atom is 0.329 e. The van der Waals surface area contributed by atoms with E-state index in [9.17, 15) is 24.3 Å². The van der Waals surface area contributed by atoms with Gasteiger partial charge in [0.1, 0.15) is 12.1 Å². The Morgan fingerprint density at radius 3 is 2.50 bits per heavy atom. The lowest BCUT2D eigenvalue weighted by molar-refractivity contribution is -0.142. The molecule has 11 heteroatoms. The van der Waals surface area contributed by atoms with Crippen molar-refractivity contribution in [3.63, 3.8) is 0 Å². The molecule has 1 heterocycles. The van der Waals surface area contributed by atoms with Gasteiger partial charge >= 0.3 is 11.7 Å². The van der Waals surface area contributed by atoms with Crippen LogP contribution in [0.1, 0.15) is 32.7 Å². The smallest absolute Gasteiger partial charge is 0.329 e. The highest BCUT2D eigenvalue weighted by Gasteiger charge is 2.31. The Balaban J connectivity index is 2.34. The number of fused-ring (bicyclic) bond motifs is 1. The second kappa shape index (κ2) is 9.72. The number of aliphatic carboxylic acids is 1. The average molecular weight is 418 g/mol. The van der Waals surface area contributed by atoms with E-state index in [-0.39, 0.29) is 24.3 Å². The Labute approximate surface area is 171 Å². The fourth-order valence-electron chi connectivity index (χ4n) is 3.16. The van der Waals surface area contributed by atoms with E-state index in [1.807, 2.05) is 0 Å². The van der Waals surface area contributed by atoms with Crippen molar-refractivity contribution in [3.05, 3.63) is 45.1 Å². The van der Waals surface area contributed by atoms with E-state index in [1.54, 1.807) is 38.1 Å². The van der Waals surface area contributed by atoms with Gasteiger partial charge in [0.15, 0.2) is 5.96 Å². The monoisotopic (exact) mass is 418 g/mol. The van der Waals surface area contributed by atoms with E-state index < -0.39 is 41.1 Å². The Morgan fingerprint density at radius 1 is 1.23 bits per heavy atom. The third-order valence-corrected chi connectivity index (χ3v) is 4.57. The zero-order valence-corrected chi connectivity index (χ0v) is 16.8. The van der Waals surface area contributed by atoms with E-state index in [4.69, 9.17) is 11.5 Å². The molecule has 162 valence electrons. The van der Waals surface area contributed by atoms with Crippen LogP contribution >= 0.6 is 0 Å². The molecule has 2 unspecified atom stereocenters. The van der Waals surface area contributed by atoms with Crippen LogP contribution in [0.3, 0.4) is 0 Å². The molecule has 0 aliphatic heterocycles. The Hall–Kier alpha value is -3.63. The molecule has 0 radical (unpaired) electrons. The molecule has 0 saturated carbocycles. The first-order valence-corrected chi connectivity index (χ1v) is 9.45. The van der Waals surface area contributed by atoms with Crippen molar-refractivity contribution < 1.29 is 14.7 Å². The molecule has 2 atom stereocenters. The summed E-state index contributed by atoms with van der Waals surface area (Å²) in [4.78, 5) is 56.3. The quantitative estimate of drug-likeness (QED) is 0.206. The number of rotatable bonds is 9. The number of carboxylic acid groups (broad SMARTS) is 1. The van der Waals surface area contributed by atoms with Gasteiger partial charge in [0, 0.05) is 6.54 Å².